The third kappa shape index (κ3) is 9.58. The molecular formula is C64H63N4OPt-3. The van der Waals surface area contributed by atoms with Gasteiger partial charge in [0.15, 0.2) is 0 Å². The van der Waals surface area contributed by atoms with Crippen molar-refractivity contribution in [1.82, 2.24) is 9.55 Å². The standard InChI is InChI=1S/C64H63N4O.Pt/c1-42(2)33-44-29-30-56-54(35-44)55-37-47(34-43(3)4)60(40-59(55)68(56)61-38-49(31-32-65-61)64(8,9)10)69-51-24-17-23-50(39-51)66-41-67(58-28-15-14-27-57(58)66)62-52(45-19-12-11-13-20-45)25-18-26-53(62)46-21-16-22-48(36-46)63(5,6)7;/h11-32,35-38,41-43H,33-34H2,1-10H3;/q-3;. The number of para-hydroxylation sites is 3. The molecule has 0 aliphatic carbocycles. The van der Waals surface area contributed by atoms with Crippen LogP contribution in [0.25, 0.3) is 49.9 Å². The number of nitrogens with zero attached hydrogens (tertiary/aromatic N) is 4. The maximum absolute atomic E-state index is 7.05. The quantitative estimate of drug-likeness (QED) is 0.121. The Labute approximate surface area is 430 Å². The molecule has 0 saturated heterocycles. The van der Waals surface area contributed by atoms with Crippen molar-refractivity contribution in [3.63, 3.8) is 0 Å². The van der Waals surface area contributed by atoms with Gasteiger partial charge in [0, 0.05) is 72.5 Å². The van der Waals surface area contributed by atoms with Gasteiger partial charge in [-0.3, -0.25) is 0 Å². The van der Waals surface area contributed by atoms with E-state index < -0.39 is 0 Å². The molecule has 1 aliphatic rings. The molecular weight excluding hydrogens is 1040 g/mol. The van der Waals surface area contributed by atoms with Gasteiger partial charge in [0.05, 0.1) is 0 Å². The van der Waals surface area contributed by atoms with Crippen LogP contribution in [-0.2, 0) is 44.7 Å². The molecule has 0 bridgehead atoms. The predicted octanol–water partition coefficient (Wildman–Crippen LogP) is 17.3. The van der Waals surface area contributed by atoms with E-state index in [-0.39, 0.29) is 31.9 Å². The molecule has 70 heavy (non-hydrogen) atoms. The van der Waals surface area contributed by atoms with Gasteiger partial charge in [0.1, 0.15) is 5.82 Å². The second-order valence-electron chi connectivity index (χ2n) is 21.7. The van der Waals surface area contributed by atoms with Crippen LogP contribution in [0.5, 0.6) is 11.5 Å². The maximum Gasteiger partial charge on any atom is 0.135 e. The van der Waals surface area contributed by atoms with Crippen LogP contribution in [0.2, 0.25) is 0 Å². The summed E-state index contributed by atoms with van der Waals surface area (Å²) in [7, 11) is 0. The van der Waals surface area contributed by atoms with Crippen molar-refractivity contribution in [2.24, 2.45) is 11.8 Å². The number of aromatic nitrogens is 2. The fourth-order valence-corrected chi connectivity index (χ4v) is 9.85. The van der Waals surface area contributed by atoms with E-state index in [2.05, 4.69) is 248 Å². The topological polar surface area (TPSA) is 33.5 Å². The third-order valence-electron chi connectivity index (χ3n) is 13.3. The summed E-state index contributed by atoms with van der Waals surface area (Å²) >= 11 is 0. The van der Waals surface area contributed by atoms with E-state index in [1.165, 1.54) is 27.6 Å². The summed E-state index contributed by atoms with van der Waals surface area (Å²) < 4.78 is 9.33. The summed E-state index contributed by atoms with van der Waals surface area (Å²) in [6.07, 6.45) is 3.78. The van der Waals surface area contributed by atoms with Crippen LogP contribution in [0.3, 0.4) is 0 Å². The van der Waals surface area contributed by atoms with Crippen molar-refractivity contribution in [2.45, 2.75) is 92.9 Å². The summed E-state index contributed by atoms with van der Waals surface area (Å²) in [5.41, 5.74) is 15.8. The molecule has 358 valence electrons. The van der Waals surface area contributed by atoms with E-state index in [1.54, 1.807) is 0 Å². The summed E-state index contributed by atoms with van der Waals surface area (Å²) in [6.45, 7) is 24.9. The van der Waals surface area contributed by atoms with Crippen molar-refractivity contribution in [1.29, 1.82) is 0 Å². The van der Waals surface area contributed by atoms with Gasteiger partial charge in [0.2, 0.25) is 0 Å². The Morgan fingerprint density at radius 2 is 1.23 bits per heavy atom. The van der Waals surface area contributed by atoms with E-state index >= 15 is 0 Å². The Kier molecular flexibility index (Phi) is 13.5. The average Bonchev–Trinajstić information content (AvgIpc) is 3.86. The average molecular weight is 1100 g/mol. The fraction of sp³-hybridized carbons (Fsp3) is 0.250. The van der Waals surface area contributed by atoms with Gasteiger partial charge in [-0.05, 0) is 86.7 Å². The molecule has 10 rings (SSSR count). The molecule has 2 aromatic heterocycles. The summed E-state index contributed by atoms with van der Waals surface area (Å²) in [4.78, 5) is 9.59. The Hall–Kier alpha value is -6.42. The van der Waals surface area contributed by atoms with E-state index in [0.717, 1.165) is 80.1 Å². The smallest absolute Gasteiger partial charge is 0.135 e. The number of hydrogen-bond donors (Lipinski definition) is 0. The molecule has 0 atom stereocenters. The second kappa shape index (κ2) is 19.4. The molecule has 7 aromatic carbocycles. The minimum absolute atomic E-state index is 0. The number of ether oxygens (including phenoxy) is 1. The van der Waals surface area contributed by atoms with Crippen LogP contribution in [0, 0.1) is 30.6 Å². The summed E-state index contributed by atoms with van der Waals surface area (Å²) in [5.74, 6) is 3.14. The first-order valence-corrected chi connectivity index (χ1v) is 24.6. The molecule has 5 nitrogen and oxygen atoms in total. The minimum Gasteiger partial charge on any atom is -0.509 e. The molecule has 6 heteroatoms. The minimum atomic E-state index is -0.0416. The van der Waals surface area contributed by atoms with Gasteiger partial charge >= 0.3 is 0 Å². The molecule has 0 N–H and O–H groups in total. The first kappa shape index (κ1) is 48.6. The van der Waals surface area contributed by atoms with Crippen molar-refractivity contribution in [2.75, 3.05) is 9.80 Å². The van der Waals surface area contributed by atoms with E-state index in [1.807, 2.05) is 12.3 Å². The number of anilines is 4. The van der Waals surface area contributed by atoms with E-state index in [0.29, 0.717) is 23.3 Å². The van der Waals surface area contributed by atoms with Gasteiger partial charge in [-0.1, -0.05) is 184 Å². The van der Waals surface area contributed by atoms with Crippen LogP contribution in [0.4, 0.5) is 22.7 Å². The predicted molar refractivity (Wildman–Crippen MR) is 290 cm³/mol. The zero-order valence-corrected chi connectivity index (χ0v) is 44.4. The Bertz CT molecular complexity index is 3330. The van der Waals surface area contributed by atoms with Crippen LogP contribution >= 0.6 is 0 Å². The van der Waals surface area contributed by atoms with Crippen molar-refractivity contribution >= 4 is 44.6 Å². The molecule has 9 aromatic rings. The molecule has 0 radical (unpaired) electrons. The van der Waals surface area contributed by atoms with Gasteiger partial charge < -0.3 is 19.1 Å². The SMILES string of the molecule is CC(C)Cc1ccc2c(c1)c1cc(CC(C)C)c(Oc3[c-]c(N4[CH-]N(c5c(-c6ccccc6)cccc5-c5cccc(C(C)(C)C)c5)c5ccccc54)ccc3)[c-]c1n2-c1cc(C(C)(C)C)ccn1.[Pt]. The van der Waals surface area contributed by atoms with Gasteiger partial charge in [-0.15, -0.1) is 47.6 Å². The number of pyridine rings is 1. The molecule has 0 spiro atoms. The van der Waals surface area contributed by atoms with Crippen LogP contribution in [0.1, 0.15) is 91.5 Å². The molecule has 0 unspecified atom stereocenters. The molecule has 1 aliphatic heterocycles. The largest absolute Gasteiger partial charge is 0.509 e. The number of benzene rings is 7. The zero-order chi connectivity index (χ0) is 48.2. The maximum atomic E-state index is 7.05. The van der Waals surface area contributed by atoms with Crippen molar-refractivity contribution in [3.8, 4) is 39.6 Å². The Balaban J connectivity index is 0.00000608. The first-order valence-electron chi connectivity index (χ1n) is 24.6. The van der Waals surface area contributed by atoms with Crippen LogP contribution in [0.15, 0.2) is 158 Å². The summed E-state index contributed by atoms with van der Waals surface area (Å²) in [5, 5.41) is 2.36. The van der Waals surface area contributed by atoms with Gasteiger partial charge in [-0.2, -0.15) is 12.1 Å². The molecule has 0 amide bonds. The normalized spacial score (nSPS) is 12.9. The fourth-order valence-electron chi connectivity index (χ4n) is 9.85. The number of hydrogen-bond acceptors (Lipinski definition) is 4. The molecule has 0 saturated carbocycles. The van der Waals surface area contributed by atoms with Crippen molar-refractivity contribution in [3.05, 3.63) is 199 Å². The Morgan fingerprint density at radius 1 is 0.586 bits per heavy atom. The van der Waals surface area contributed by atoms with E-state index in [4.69, 9.17) is 9.72 Å². The second-order valence-corrected chi connectivity index (χ2v) is 21.7. The monoisotopic (exact) mass is 1100 g/mol. The molecule has 3 heterocycles. The third-order valence-corrected chi connectivity index (χ3v) is 13.3. The Morgan fingerprint density at radius 3 is 1.94 bits per heavy atom. The number of rotatable bonds is 11. The summed E-state index contributed by atoms with van der Waals surface area (Å²) in [6, 6.07) is 62.5. The number of fused-ring (bicyclic) bond motifs is 4. The zero-order valence-electron chi connectivity index (χ0n) is 42.2. The van der Waals surface area contributed by atoms with Crippen LogP contribution < -0.4 is 14.5 Å². The van der Waals surface area contributed by atoms with Crippen LogP contribution in [-0.4, -0.2) is 9.55 Å². The van der Waals surface area contributed by atoms with Gasteiger partial charge in [0.25, 0.3) is 0 Å². The molecule has 0 fully saturated rings. The van der Waals surface area contributed by atoms with Gasteiger partial charge in [-0.25, -0.2) is 4.98 Å². The van der Waals surface area contributed by atoms with Crippen molar-refractivity contribution < 1.29 is 25.8 Å². The van der Waals surface area contributed by atoms with E-state index in [9.17, 15) is 0 Å². The first-order chi connectivity index (χ1) is 33.1.